The van der Waals surface area contributed by atoms with Crippen LogP contribution in [0.3, 0.4) is 0 Å². The van der Waals surface area contributed by atoms with Crippen LogP contribution in [0.25, 0.3) is 22.6 Å². The summed E-state index contributed by atoms with van der Waals surface area (Å²) in [4.78, 5) is 27.1. The molecule has 0 radical (unpaired) electrons. The first-order valence-electron chi connectivity index (χ1n) is 10.9. The molecule has 1 fully saturated rings. The van der Waals surface area contributed by atoms with Crippen LogP contribution in [0.4, 0.5) is 0 Å². The van der Waals surface area contributed by atoms with Crippen molar-refractivity contribution in [3.05, 3.63) is 63.1 Å². The highest BCUT2D eigenvalue weighted by Gasteiger charge is 2.29. The molecule has 4 aromatic rings. The van der Waals surface area contributed by atoms with Gasteiger partial charge in [-0.05, 0) is 71.9 Å². The van der Waals surface area contributed by atoms with Crippen LogP contribution in [0.15, 0.2) is 52.6 Å². The highest BCUT2D eigenvalue weighted by Crippen LogP contribution is 2.36. The van der Waals surface area contributed by atoms with Gasteiger partial charge in [-0.1, -0.05) is 6.07 Å². The molecule has 2 atom stereocenters. The Hall–Kier alpha value is -3.15. The first-order valence-corrected chi connectivity index (χ1v) is 12.5. The maximum absolute atomic E-state index is 12.7. The first kappa shape index (κ1) is 22.6. The number of thiophene rings is 1. The number of carbonyl (C=O) groups is 1. The van der Waals surface area contributed by atoms with E-state index < -0.39 is 0 Å². The zero-order valence-electron chi connectivity index (χ0n) is 18.0. The van der Waals surface area contributed by atoms with Gasteiger partial charge in [0.25, 0.3) is 5.91 Å². The molecular formula is C23H22BrN7O2S. The minimum atomic E-state index is -0.198. The molecule has 5 rings (SSSR count). The van der Waals surface area contributed by atoms with Crippen molar-refractivity contribution >= 4 is 50.0 Å². The van der Waals surface area contributed by atoms with E-state index in [-0.39, 0.29) is 23.8 Å². The highest BCUT2D eigenvalue weighted by molar-refractivity contribution is 9.11. The number of rotatable bonds is 5. The van der Waals surface area contributed by atoms with Crippen LogP contribution in [0.2, 0.25) is 0 Å². The number of amides is 1. The monoisotopic (exact) mass is 539 g/mol. The van der Waals surface area contributed by atoms with E-state index >= 15 is 0 Å². The molecule has 2 unspecified atom stereocenters. The van der Waals surface area contributed by atoms with Crippen molar-refractivity contribution in [1.82, 2.24) is 30.3 Å². The van der Waals surface area contributed by atoms with Crippen LogP contribution in [0, 0.1) is 5.41 Å². The summed E-state index contributed by atoms with van der Waals surface area (Å²) in [6.07, 6.45) is 7.01. The number of pyridine rings is 2. The standard InChI is InChI=1S/C23H22BrN7O2S/c24-20-8-7-19(34-20)23(32)28-13-4-3-5-14(10-13)31-18-12-27-17(21(25)30-33)11-16(18)29-22(31)15-6-1-2-9-26-15/h1-2,6-9,11-14,33H,3-5,10H2,(H2,25,30)(H,28,32). The second kappa shape index (κ2) is 9.61. The minimum Gasteiger partial charge on any atom is -0.349 e. The summed E-state index contributed by atoms with van der Waals surface area (Å²) >= 11 is 4.84. The molecule has 1 aliphatic rings. The summed E-state index contributed by atoms with van der Waals surface area (Å²) in [5, 5.41) is 20.1. The van der Waals surface area contributed by atoms with Gasteiger partial charge in [-0.15, -0.1) is 11.3 Å². The van der Waals surface area contributed by atoms with Crippen LogP contribution in [0.5, 0.6) is 0 Å². The van der Waals surface area contributed by atoms with Gasteiger partial charge in [0.1, 0.15) is 11.4 Å². The third kappa shape index (κ3) is 4.46. The van der Waals surface area contributed by atoms with Gasteiger partial charge in [0.15, 0.2) is 11.7 Å². The van der Waals surface area contributed by atoms with Crippen LogP contribution < -0.4 is 10.8 Å². The van der Waals surface area contributed by atoms with Crippen molar-refractivity contribution in [2.45, 2.75) is 37.8 Å². The van der Waals surface area contributed by atoms with Gasteiger partial charge in [-0.25, -0.2) is 4.98 Å². The Kier molecular flexibility index (Phi) is 6.40. The summed E-state index contributed by atoms with van der Waals surface area (Å²) in [5.74, 6) is 0.469. The first-order chi connectivity index (χ1) is 16.5. The second-order valence-electron chi connectivity index (χ2n) is 8.16. The molecule has 4 aromatic heterocycles. The summed E-state index contributed by atoms with van der Waals surface area (Å²) in [6, 6.07) is 11.2. The molecule has 11 heteroatoms. The van der Waals surface area contributed by atoms with E-state index in [1.54, 1.807) is 18.5 Å². The smallest absolute Gasteiger partial charge is 0.261 e. The van der Waals surface area contributed by atoms with Crippen LogP contribution in [-0.2, 0) is 0 Å². The van der Waals surface area contributed by atoms with Crippen molar-refractivity contribution in [2.24, 2.45) is 0 Å². The number of amidine groups is 1. The topological polar surface area (TPSA) is 129 Å². The number of hydroxylamine groups is 1. The lowest BCUT2D eigenvalue weighted by atomic mass is 9.90. The van der Waals surface area contributed by atoms with Gasteiger partial charge in [-0.2, -0.15) is 0 Å². The average molecular weight is 540 g/mol. The van der Waals surface area contributed by atoms with Gasteiger partial charge in [-0.3, -0.25) is 30.9 Å². The molecule has 4 N–H and O–H groups in total. The summed E-state index contributed by atoms with van der Waals surface area (Å²) in [6.45, 7) is 0. The van der Waals surface area contributed by atoms with Gasteiger partial charge < -0.3 is 9.88 Å². The number of imidazole rings is 1. The lowest BCUT2D eigenvalue weighted by molar-refractivity contribution is 0.0925. The van der Waals surface area contributed by atoms with Gasteiger partial charge in [0.2, 0.25) is 0 Å². The average Bonchev–Trinajstić information content (AvgIpc) is 3.47. The lowest BCUT2D eigenvalue weighted by Gasteiger charge is -2.31. The van der Waals surface area contributed by atoms with Crippen molar-refractivity contribution in [3.8, 4) is 11.5 Å². The van der Waals surface area contributed by atoms with Gasteiger partial charge >= 0.3 is 0 Å². The van der Waals surface area contributed by atoms with Crippen molar-refractivity contribution < 1.29 is 10.0 Å². The second-order valence-corrected chi connectivity index (χ2v) is 10.6. The largest absolute Gasteiger partial charge is 0.349 e. The molecule has 0 aliphatic heterocycles. The summed E-state index contributed by atoms with van der Waals surface area (Å²) < 4.78 is 3.09. The number of fused-ring (bicyclic) bond motifs is 1. The van der Waals surface area contributed by atoms with E-state index in [1.807, 2.05) is 35.8 Å². The molecule has 174 valence electrons. The lowest BCUT2D eigenvalue weighted by Crippen LogP contribution is -2.38. The van der Waals surface area contributed by atoms with E-state index in [0.717, 1.165) is 46.5 Å². The molecule has 9 nitrogen and oxygen atoms in total. The SMILES string of the molecule is N=C(NO)c1cc2nc(-c3ccccn3)n(C3CCCC(NC(=O)c4ccc(Br)s4)C3)c2cn1. The Labute approximate surface area is 207 Å². The number of carbonyl (C=O) groups excluding carboxylic acids is 1. The van der Waals surface area contributed by atoms with E-state index in [2.05, 4.69) is 35.8 Å². The van der Waals surface area contributed by atoms with E-state index in [0.29, 0.717) is 16.1 Å². The third-order valence-electron chi connectivity index (χ3n) is 5.98. The Morgan fingerprint density at radius 2 is 2.12 bits per heavy atom. The van der Waals surface area contributed by atoms with Gasteiger partial charge in [0.05, 0.1) is 25.9 Å². The highest BCUT2D eigenvalue weighted by atomic mass is 79.9. The number of hydrogen-bond acceptors (Lipinski definition) is 7. The van der Waals surface area contributed by atoms with Crippen LogP contribution in [-0.4, -0.2) is 42.5 Å². The Balaban J connectivity index is 1.49. The maximum atomic E-state index is 12.7. The zero-order chi connectivity index (χ0) is 23.7. The predicted molar refractivity (Wildman–Crippen MR) is 133 cm³/mol. The maximum Gasteiger partial charge on any atom is 0.261 e. The van der Waals surface area contributed by atoms with Crippen molar-refractivity contribution in [2.75, 3.05) is 0 Å². The number of hydrogen-bond donors (Lipinski definition) is 4. The molecule has 1 aliphatic carbocycles. The molecule has 34 heavy (non-hydrogen) atoms. The molecule has 1 saturated carbocycles. The molecular weight excluding hydrogens is 518 g/mol. The van der Waals surface area contributed by atoms with Gasteiger partial charge in [0, 0.05) is 18.3 Å². The molecule has 0 saturated heterocycles. The fourth-order valence-corrected chi connectivity index (χ4v) is 5.75. The van der Waals surface area contributed by atoms with E-state index in [4.69, 9.17) is 15.6 Å². The molecule has 1 amide bonds. The van der Waals surface area contributed by atoms with Crippen LogP contribution in [0.1, 0.15) is 47.1 Å². The Morgan fingerprint density at radius 1 is 1.24 bits per heavy atom. The zero-order valence-corrected chi connectivity index (χ0v) is 20.4. The predicted octanol–water partition coefficient (Wildman–Crippen LogP) is 4.54. The van der Waals surface area contributed by atoms with E-state index in [9.17, 15) is 4.79 Å². The third-order valence-corrected chi connectivity index (χ3v) is 7.60. The normalized spacial score (nSPS) is 18.1. The number of halogens is 1. The van der Waals surface area contributed by atoms with E-state index in [1.165, 1.54) is 11.3 Å². The van der Waals surface area contributed by atoms with Crippen molar-refractivity contribution in [1.29, 1.82) is 5.41 Å². The molecule has 0 spiro atoms. The summed E-state index contributed by atoms with van der Waals surface area (Å²) in [5.41, 5.74) is 4.36. The number of nitrogens with zero attached hydrogens (tertiary/aromatic N) is 4. The van der Waals surface area contributed by atoms with Crippen LogP contribution >= 0.6 is 27.3 Å². The molecule has 0 bridgehead atoms. The van der Waals surface area contributed by atoms with Crippen molar-refractivity contribution in [3.63, 3.8) is 0 Å². The fourth-order valence-electron chi connectivity index (χ4n) is 4.46. The molecule has 0 aromatic carbocycles. The Morgan fingerprint density at radius 3 is 2.85 bits per heavy atom. The number of aromatic nitrogens is 4. The minimum absolute atomic E-state index is 0.0418. The Bertz CT molecular complexity index is 1350. The quantitative estimate of drug-likeness (QED) is 0.167. The fraction of sp³-hybridized carbons (Fsp3) is 0.261. The number of nitrogens with one attached hydrogen (secondary N) is 3. The summed E-state index contributed by atoms with van der Waals surface area (Å²) in [7, 11) is 0. The molecule has 4 heterocycles.